The maximum Gasteiger partial charge on any atom is 0.269 e. The van der Waals surface area contributed by atoms with Gasteiger partial charge in [0.15, 0.2) is 5.65 Å². The third-order valence-corrected chi connectivity index (χ3v) is 3.79. The molecule has 0 unspecified atom stereocenters. The molecule has 0 amide bonds. The number of aromatic nitrogens is 3. The topological polar surface area (TPSA) is 57.0 Å². The van der Waals surface area contributed by atoms with Crippen molar-refractivity contribution in [2.45, 2.75) is 38.1 Å². The van der Waals surface area contributed by atoms with E-state index in [9.17, 15) is 4.79 Å². The van der Waals surface area contributed by atoms with Crippen LogP contribution in [0.3, 0.4) is 0 Å². The molecule has 5 nitrogen and oxygen atoms in total. The Morgan fingerprint density at radius 1 is 1.21 bits per heavy atom. The Morgan fingerprint density at radius 2 is 1.95 bits per heavy atom. The molecule has 3 rings (SSSR count). The van der Waals surface area contributed by atoms with E-state index in [0.717, 1.165) is 18.4 Å². The van der Waals surface area contributed by atoms with Crippen LogP contribution < -0.4 is 10.3 Å². The van der Waals surface area contributed by atoms with Gasteiger partial charge in [0.05, 0.1) is 25.0 Å². The van der Waals surface area contributed by atoms with Crippen molar-refractivity contribution in [2.75, 3.05) is 7.11 Å². The van der Waals surface area contributed by atoms with Crippen molar-refractivity contribution >= 4 is 11.2 Å². The van der Waals surface area contributed by atoms with E-state index >= 15 is 0 Å². The highest BCUT2D eigenvalue weighted by Crippen LogP contribution is 2.29. The fraction of sp³-hybridized carbons (Fsp3) is 0.500. The summed E-state index contributed by atoms with van der Waals surface area (Å²) in [6.07, 6.45) is 8.72. The average molecular weight is 259 g/mol. The number of ether oxygens (including phenoxy) is 1. The van der Waals surface area contributed by atoms with Gasteiger partial charge in [0.1, 0.15) is 5.75 Å². The van der Waals surface area contributed by atoms with Gasteiger partial charge in [-0.25, -0.2) is 9.97 Å². The summed E-state index contributed by atoms with van der Waals surface area (Å²) in [7, 11) is 1.60. The van der Waals surface area contributed by atoms with E-state index in [0.29, 0.717) is 11.4 Å². The summed E-state index contributed by atoms with van der Waals surface area (Å²) >= 11 is 0. The van der Waals surface area contributed by atoms with Gasteiger partial charge in [-0.3, -0.25) is 4.79 Å². The quantitative estimate of drug-likeness (QED) is 0.830. The monoisotopic (exact) mass is 259 g/mol. The van der Waals surface area contributed by atoms with Crippen molar-refractivity contribution in [1.29, 1.82) is 0 Å². The van der Waals surface area contributed by atoms with Crippen molar-refractivity contribution in [2.24, 2.45) is 0 Å². The molecule has 1 aliphatic rings. The van der Waals surface area contributed by atoms with E-state index in [-0.39, 0.29) is 11.6 Å². The number of fused-ring (bicyclic) bond motifs is 1. The fourth-order valence-electron chi connectivity index (χ4n) is 2.83. The molecule has 0 spiro atoms. The lowest BCUT2D eigenvalue weighted by Gasteiger charge is -2.25. The maximum absolute atomic E-state index is 12.2. The zero-order valence-corrected chi connectivity index (χ0v) is 11.0. The van der Waals surface area contributed by atoms with Crippen LogP contribution >= 0.6 is 0 Å². The van der Waals surface area contributed by atoms with Gasteiger partial charge in [-0.2, -0.15) is 0 Å². The summed E-state index contributed by atoms with van der Waals surface area (Å²) in [5.41, 5.74) is 1.33. The molecule has 0 atom stereocenters. The molecule has 0 aromatic carbocycles. The van der Waals surface area contributed by atoms with Crippen LogP contribution in [-0.4, -0.2) is 21.6 Å². The van der Waals surface area contributed by atoms with Crippen molar-refractivity contribution < 1.29 is 4.74 Å². The number of rotatable bonds is 2. The average Bonchev–Trinajstić information content (AvgIpc) is 2.47. The van der Waals surface area contributed by atoms with Gasteiger partial charge in [0, 0.05) is 12.1 Å². The minimum atomic E-state index is -0.0468. The molecule has 1 saturated carbocycles. The number of hydrogen-bond acceptors (Lipinski definition) is 4. The van der Waals surface area contributed by atoms with E-state index in [4.69, 9.17) is 4.74 Å². The number of methoxy groups -OCH3 is 1. The Balaban J connectivity index is 2.19. The molecule has 19 heavy (non-hydrogen) atoms. The Morgan fingerprint density at radius 3 is 2.68 bits per heavy atom. The summed E-state index contributed by atoms with van der Waals surface area (Å²) in [6.45, 7) is 0. The van der Waals surface area contributed by atoms with Gasteiger partial charge in [-0.15, -0.1) is 0 Å². The van der Waals surface area contributed by atoms with Gasteiger partial charge >= 0.3 is 0 Å². The fourth-order valence-corrected chi connectivity index (χ4v) is 2.83. The lowest BCUT2D eigenvalue weighted by atomic mass is 9.95. The van der Waals surface area contributed by atoms with Gasteiger partial charge in [0.25, 0.3) is 5.56 Å². The van der Waals surface area contributed by atoms with Crippen LogP contribution in [0.25, 0.3) is 11.2 Å². The van der Waals surface area contributed by atoms with Gasteiger partial charge in [0.2, 0.25) is 0 Å². The second kappa shape index (κ2) is 4.99. The van der Waals surface area contributed by atoms with Crippen LogP contribution in [-0.2, 0) is 0 Å². The highest BCUT2D eigenvalue weighted by atomic mass is 16.5. The van der Waals surface area contributed by atoms with Crippen LogP contribution in [0.2, 0.25) is 0 Å². The molecular formula is C14H17N3O2. The van der Waals surface area contributed by atoms with Gasteiger partial charge < -0.3 is 9.30 Å². The third-order valence-electron chi connectivity index (χ3n) is 3.79. The van der Waals surface area contributed by atoms with E-state index in [1.54, 1.807) is 13.3 Å². The maximum atomic E-state index is 12.2. The first-order valence-electron chi connectivity index (χ1n) is 6.71. The first-order valence-corrected chi connectivity index (χ1v) is 6.71. The molecule has 1 fully saturated rings. The first-order chi connectivity index (χ1) is 9.29. The molecule has 0 aliphatic heterocycles. The molecular weight excluding hydrogens is 242 g/mol. The molecule has 2 aromatic rings. The smallest absolute Gasteiger partial charge is 0.269 e. The molecule has 0 radical (unpaired) electrons. The molecule has 1 aliphatic carbocycles. The molecule has 0 N–H and O–H groups in total. The highest BCUT2D eigenvalue weighted by molar-refractivity contribution is 5.71. The first kappa shape index (κ1) is 12.1. The summed E-state index contributed by atoms with van der Waals surface area (Å²) in [6, 6.07) is 2.12. The Hall–Kier alpha value is -1.91. The second-order valence-electron chi connectivity index (χ2n) is 4.98. The van der Waals surface area contributed by atoms with Crippen molar-refractivity contribution in [3.63, 3.8) is 0 Å². The van der Waals surface area contributed by atoms with Crippen LogP contribution in [0, 0.1) is 0 Å². The van der Waals surface area contributed by atoms with Crippen LogP contribution in [0.1, 0.15) is 38.1 Å². The lowest BCUT2D eigenvalue weighted by Crippen LogP contribution is -2.26. The van der Waals surface area contributed by atoms with E-state index in [1.165, 1.54) is 25.5 Å². The third kappa shape index (κ3) is 2.20. The second-order valence-corrected chi connectivity index (χ2v) is 4.98. The molecule has 5 heteroatoms. The van der Waals surface area contributed by atoms with Crippen LogP contribution in [0.15, 0.2) is 23.3 Å². The Kier molecular flexibility index (Phi) is 3.19. The van der Waals surface area contributed by atoms with Crippen molar-refractivity contribution in [1.82, 2.24) is 14.5 Å². The van der Waals surface area contributed by atoms with E-state index in [1.807, 2.05) is 10.6 Å². The molecule has 2 aromatic heterocycles. The zero-order chi connectivity index (χ0) is 13.2. The predicted octanol–water partition coefficient (Wildman–Crippen LogP) is 2.31. The summed E-state index contributed by atoms with van der Waals surface area (Å²) in [5, 5.41) is 0. The van der Waals surface area contributed by atoms with E-state index < -0.39 is 0 Å². The zero-order valence-electron chi connectivity index (χ0n) is 11.0. The van der Waals surface area contributed by atoms with Gasteiger partial charge in [-0.1, -0.05) is 19.3 Å². The summed E-state index contributed by atoms with van der Waals surface area (Å²) in [5.74, 6) is 0.657. The standard InChI is InChI=1S/C14H17N3O2/c1-19-11-7-12-14(15-8-11)16-9-13(18)17(12)10-5-3-2-4-6-10/h7-10H,2-6H2,1H3. The van der Waals surface area contributed by atoms with Gasteiger partial charge in [-0.05, 0) is 12.8 Å². The minimum absolute atomic E-state index is 0.0468. The number of pyridine rings is 1. The molecule has 0 bridgehead atoms. The SMILES string of the molecule is COc1cnc2ncc(=O)n(C3CCCCC3)c2c1. The van der Waals surface area contributed by atoms with Crippen molar-refractivity contribution in [3.05, 3.63) is 28.8 Å². The minimum Gasteiger partial charge on any atom is -0.495 e. The summed E-state index contributed by atoms with van der Waals surface area (Å²) in [4.78, 5) is 20.5. The normalized spacial score (nSPS) is 16.7. The van der Waals surface area contributed by atoms with Crippen LogP contribution in [0.5, 0.6) is 5.75 Å². The molecule has 0 saturated heterocycles. The number of nitrogens with zero attached hydrogens (tertiary/aromatic N) is 3. The van der Waals surface area contributed by atoms with Crippen molar-refractivity contribution in [3.8, 4) is 5.75 Å². The predicted molar refractivity (Wildman–Crippen MR) is 72.5 cm³/mol. The van der Waals surface area contributed by atoms with E-state index in [2.05, 4.69) is 9.97 Å². The molecule has 100 valence electrons. The molecule has 2 heterocycles. The van der Waals surface area contributed by atoms with Crippen LogP contribution in [0.4, 0.5) is 0 Å². The summed E-state index contributed by atoms with van der Waals surface area (Å²) < 4.78 is 7.04. The Bertz CT molecular complexity index is 645. The lowest BCUT2D eigenvalue weighted by molar-refractivity contribution is 0.353. The largest absolute Gasteiger partial charge is 0.495 e. The Labute approximate surface area is 111 Å². The number of hydrogen-bond donors (Lipinski definition) is 0. The highest BCUT2D eigenvalue weighted by Gasteiger charge is 2.19.